The molecule has 2 heterocycles. The van der Waals surface area contributed by atoms with Gasteiger partial charge in [0.15, 0.2) is 5.82 Å². The molecular weight excluding hydrogens is 413 g/mol. The van der Waals surface area contributed by atoms with Gasteiger partial charge in [0.1, 0.15) is 0 Å². The zero-order valence-electron chi connectivity index (χ0n) is 15.4. The quantitative estimate of drug-likeness (QED) is 0.776. The Bertz CT molecular complexity index is 983. The number of alkyl halides is 3. The van der Waals surface area contributed by atoms with Crippen molar-refractivity contribution >= 4 is 15.9 Å². The SMILES string of the molecule is Cc1noc(C2CCN(C(=O)CNS(=O)(=O)c3cccc(C(F)(F)F)c3)CC2)n1. The van der Waals surface area contributed by atoms with Gasteiger partial charge in [-0.1, -0.05) is 11.2 Å². The Morgan fingerprint density at radius 1 is 1.31 bits per heavy atom. The van der Waals surface area contributed by atoms with Crippen LogP contribution in [0.5, 0.6) is 0 Å². The second-order valence-corrected chi connectivity index (χ2v) is 8.45. The van der Waals surface area contributed by atoms with E-state index < -0.39 is 39.1 Å². The summed E-state index contributed by atoms with van der Waals surface area (Å²) in [6.45, 7) is 1.94. The first-order valence-electron chi connectivity index (χ1n) is 8.81. The van der Waals surface area contributed by atoms with Crippen LogP contribution in [0, 0.1) is 6.92 Å². The number of carbonyl (C=O) groups excluding carboxylic acids is 1. The molecule has 0 spiro atoms. The number of nitrogens with zero attached hydrogens (tertiary/aromatic N) is 3. The van der Waals surface area contributed by atoms with Gasteiger partial charge in [0, 0.05) is 19.0 Å². The Morgan fingerprint density at radius 2 is 2.00 bits per heavy atom. The summed E-state index contributed by atoms with van der Waals surface area (Å²) < 4.78 is 70.1. The number of sulfonamides is 1. The molecule has 0 atom stereocenters. The van der Waals surface area contributed by atoms with E-state index in [0.717, 1.165) is 18.2 Å². The molecule has 1 aliphatic heterocycles. The number of carbonyl (C=O) groups is 1. The van der Waals surface area contributed by atoms with Gasteiger partial charge in [-0.3, -0.25) is 4.79 Å². The number of hydrogen-bond acceptors (Lipinski definition) is 6. The Hall–Kier alpha value is -2.47. The van der Waals surface area contributed by atoms with Crippen LogP contribution in [0.15, 0.2) is 33.7 Å². The second-order valence-electron chi connectivity index (χ2n) is 6.69. The fraction of sp³-hybridized carbons (Fsp3) is 0.471. The summed E-state index contributed by atoms with van der Waals surface area (Å²) in [6.07, 6.45) is -3.48. The molecule has 1 aromatic heterocycles. The van der Waals surface area contributed by atoms with Crippen molar-refractivity contribution < 1.29 is 30.9 Å². The number of aromatic nitrogens is 2. The number of rotatable bonds is 5. The number of amides is 1. The lowest BCUT2D eigenvalue weighted by atomic mass is 9.97. The van der Waals surface area contributed by atoms with Crippen LogP contribution >= 0.6 is 0 Å². The molecule has 2 aromatic rings. The minimum atomic E-state index is -4.66. The van der Waals surface area contributed by atoms with E-state index in [1.165, 1.54) is 4.90 Å². The summed E-state index contributed by atoms with van der Waals surface area (Å²) in [6, 6.07) is 3.35. The van der Waals surface area contributed by atoms with Gasteiger partial charge in [0.2, 0.25) is 21.8 Å². The van der Waals surface area contributed by atoms with Gasteiger partial charge in [-0.05, 0) is 38.0 Å². The van der Waals surface area contributed by atoms with Gasteiger partial charge in [0.05, 0.1) is 17.0 Å². The lowest BCUT2D eigenvalue weighted by Crippen LogP contribution is -2.43. The summed E-state index contributed by atoms with van der Waals surface area (Å²) in [5, 5.41) is 3.74. The van der Waals surface area contributed by atoms with Crippen molar-refractivity contribution in [1.82, 2.24) is 19.8 Å². The first-order chi connectivity index (χ1) is 13.6. The summed E-state index contributed by atoms with van der Waals surface area (Å²) in [4.78, 5) is 17.4. The van der Waals surface area contributed by atoms with Crippen LogP contribution in [-0.2, 0) is 21.0 Å². The van der Waals surface area contributed by atoms with E-state index in [2.05, 4.69) is 14.9 Å². The van der Waals surface area contributed by atoms with E-state index in [1.54, 1.807) is 6.92 Å². The molecule has 29 heavy (non-hydrogen) atoms. The Labute approximate surface area is 165 Å². The fourth-order valence-electron chi connectivity index (χ4n) is 3.05. The molecular formula is C17H19F3N4O4S. The highest BCUT2D eigenvalue weighted by atomic mass is 32.2. The van der Waals surface area contributed by atoms with Crippen molar-refractivity contribution in [3.05, 3.63) is 41.5 Å². The van der Waals surface area contributed by atoms with E-state index in [1.807, 2.05) is 0 Å². The van der Waals surface area contributed by atoms with Crippen molar-refractivity contribution in [3.8, 4) is 0 Å². The maximum absolute atomic E-state index is 12.8. The molecule has 0 saturated carbocycles. The summed E-state index contributed by atoms with van der Waals surface area (Å²) in [5.41, 5.74) is -1.08. The number of halogens is 3. The molecule has 1 saturated heterocycles. The predicted molar refractivity (Wildman–Crippen MR) is 94.2 cm³/mol. The molecule has 0 bridgehead atoms. The monoisotopic (exact) mass is 432 g/mol. The van der Waals surface area contributed by atoms with Crippen LogP contribution in [0.4, 0.5) is 13.2 Å². The van der Waals surface area contributed by atoms with E-state index in [4.69, 9.17) is 4.52 Å². The number of nitrogens with one attached hydrogen (secondary N) is 1. The van der Waals surface area contributed by atoms with E-state index in [9.17, 15) is 26.4 Å². The van der Waals surface area contributed by atoms with Gasteiger partial charge >= 0.3 is 6.18 Å². The largest absolute Gasteiger partial charge is 0.416 e. The zero-order valence-corrected chi connectivity index (χ0v) is 16.3. The van der Waals surface area contributed by atoms with Gasteiger partial charge in [-0.2, -0.15) is 18.2 Å². The minimum absolute atomic E-state index is 0.0297. The van der Waals surface area contributed by atoms with Crippen LogP contribution in [0.1, 0.15) is 36.0 Å². The molecule has 1 fully saturated rings. The van der Waals surface area contributed by atoms with Crippen LogP contribution in [0.25, 0.3) is 0 Å². The zero-order chi connectivity index (χ0) is 21.2. The average molecular weight is 432 g/mol. The fourth-order valence-corrected chi connectivity index (χ4v) is 4.07. The maximum atomic E-state index is 12.8. The Kier molecular flexibility index (Phi) is 5.94. The minimum Gasteiger partial charge on any atom is -0.342 e. The molecule has 158 valence electrons. The van der Waals surface area contributed by atoms with Crippen molar-refractivity contribution in [3.63, 3.8) is 0 Å². The smallest absolute Gasteiger partial charge is 0.342 e. The number of piperidine rings is 1. The Balaban J connectivity index is 1.56. The summed E-state index contributed by atoms with van der Waals surface area (Å²) >= 11 is 0. The molecule has 1 amide bonds. The Morgan fingerprint density at radius 3 is 2.59 bits per heavy atom. The predicted octanol–water partition coefficient (Wildman–Crippen LogP) is 2.08. The van der Waals surface area contributed by atoms with Gasteiger partial charge in [0.25, 0.3) is 0 Å². The molecule has 0 aliphatic carbocycles. The van der Waals surface area contributed by atoms with E-state index >= 15 is 0 Å². The van der Waals surface area contributed by atoms with Gasteiger partial charge in [-0.15, -0.1) is 0 Å². The molecule has 3 rings (SSSR count). The number of hydrogen-bond donors (Lipinski definition) is 1. The summed E-state index contributed by atoms with van der Waals surface area (Å²) in [5.74, 6) is 0.616. The standard InChI is InChI=1S/C17H19F3N4O4S/c1-11-22-16(28-23-11)12-5-7-24(8-6-12)15(25)10-21-29(26,27)14-4-2-3-13(9-14)17(18,19)20/h2-4,9,12,21H,5-8,10H2,1H3. The lowest BCUT2D eigenvalue weighted by Gasteiger charge is -2.30. The van der Waals surface area contributed by atoms with Gasteiger partial charge in [-0.25, -0.2) is 13.1 Å². The van der Waals surface area contributed by atoms with Crippen LogP contribution in [0.3, 0.4) is 0 Å². The molecule has 1 N–H and O–H groups in total. The second kappa shape index (κ2) is 8.11. The van der Waals surface area contributed by atoms with Crippen LogP contribution < -0.4 is 4.72 Å². The lowest BCUT2D eigenvalue weighted by molar-refractivity contribution is -0.137. The maximum Gasteiger partial charge on any atom is 0.416 e. The number of likely N-dealkylation sites (tertiary alicyclic amines) is 1. The molecule has 0 unspecified atom stereocenters. The highest BCUT2D eigenvalue weighted by Gasteiger charge is 2.32. The van der Waals surface area contributed by atoms with Crippen molar-refractivity contribution in [2.24, 2.45) is 0 Å². The third kappa shape index (κ3) is 5.12. The van der Waals surface area contributed by atoms with Crippen LogP contribution in [-0.4, -0.2) is 49.0 Å². The van der Waals surface area contributed by atoms with Crippen molar-refractivity contribution in [1.29, 1.82) is 0 Å². The van der Waals surface area contributed by atoms with E-state index in [-0.39, 0.29) is 5.92 Å². The van der Waals surface area contributed by atoms with Gasteiger partial charge < -0.3 is 9.42 Å². The van der Waals surface area contributed by atoms with E-state index in [0.29, 0.717) is 43.7 Å². The van der Waals surface area contributed by atoms with Crippen molar-refractivity contribution in [2.45, 2.75) is 36.8 Å². The highest BCUT2D eigenvalue weighted by molar-refractivity contribution is 7.89. The normalized spacial score (nSPS) is 16.2. The average Bonchev–Trinajstić information content (AvgIpc) is 3.12. The van der Waals surface area contributed by atoms with Crippen molar-refractivity contribution in [2.75, 3.05) is 19.6 Å². The first kappa shape index (κ1) is 21.2. The molecule has 1 aliphatic rings. The molecule has 0 radical (unpaired) electrons. The number of benzene rings is 1. The third-order valence-electron chi connectivity index (χ3n) is 4.63. The molecule has 12 heteroatoms. The third-order valence-corrected chi connectivity index (χ3v) is 6.02. The summed E-state index contributed by atoms with van der Waals surface area (Å²) in [7, 11) is -4.26. The first-order valence-corrected chi connectivity index (χ1v) is 10.3. The van der Waals surface area contributed by atoms with Crippen LogP contribution in [0.2, 0.25) is 0 Å². The molecule has 8 nitrogen and oxygen atoms in total. The number of aryl methyl sites for hydroxylation is 1. The highest BCUT2D eigenvalue weighted by Crippen LogP contribution is 2.30. The topological polar surface area (TPSA) is 105 Å². The molecule has 1 aromatic carbocycles.